The van der Waals surface area contributed by atoms with Crippen molar-refractivity contribution in [3.63, 3.8) is 0 Å². The van der Waals surface area contributed by atoms with E-state index in [-0.39, 0.29) is 24.4 Å². The van der Waals surface area contributed by atoms with Crippen molar-refractivity contribution in [2.45, 2.75) is 31.2 Å². The molecule has 1 aromatic carbocycles. The second-order valence-electron chi connectivity index (χ2n) is 6.82. The number of benzene rings is 1. The fraction of sp³-hybridized carbons (Fsp3) is 0.611. The molecule has 0 bridgehead atoms. The number of piperidine rings is 1. The molecule has 1 aromatic rings. The number of nitrogens with zero attached hydrogens (tertiary/aromatic N) is 2. The average molecular weight is 366 g/mol. The number of hydrogen-bond acceptors (Lipinski definition) is 4. The van der Waals surface area contributed by atoms with Gasteiger partial charge in [-0.2, -0.15) is 0 Å². The molecule has 0 aromatic heterocycles. The Hall–Kier alpha value is -1.34. The highest BCUT2D eigenvalue weighted by Crippen LogP contribution is 2.35. The van der Waals surface area contributed by atoms with E-state index in [1.807, 2.05) is 23.1 Å². The molecule has 1 unspecified atom stereocenters. The normalized spacial score (nSPS) is 26.0. The van der Waals surface area contributed by atoms with Crippen LogP contribution in [-0.4, -0.2) is 67.6 Å². The molecule has 0 saturated carbocycles. The topological polar surface area (TPSA) is 54.0 Å². The molecule has 1 atom stereocenters. The van der Waals surface area contributed by atoms with Crippen LogP contribution < -0.4 is 5.32 Å². The van der Waals surface area contributed by atoms with Crippen molar-refractivity contribution in [1.29, 1.82) is 0 Å². The maximum Gasteiger partial charge on any atom is 0.321 e. The van der Waals surface area contributed by atoms with Gasteiger partial charge in [-0.15, -0.1) is 0 Å². The maximum atomic E-state index is 13.1. The Balaban J connectivity index is 1.58. The highest BCUT2D eigenvalue weighted by atomic mass is 35.5. The lowest BCUT2D eigenvalue weighted by atomic mass is 10.00. The van der Waals surface area contributed by atoms with Gasteiger partial charge in [0.25, 0.3) is 0 Å². The maximum absolute atomic E-state index is 13.1. The van der Waals surface area contributed by atoms with E-state index in [0.29, 0.717) is 31.3 Å². The standard InChI is InChI=1S/C18H24ClN3O3/c19-14-3-1-2-13(10-14)16-11-21(12-17-24-8-9-25-17)18(23)22(16)15-4-6-20-7-5-15/h1-3,10,15-17,20H,4-9,11-12H2. The van der Waals surface area contributed by atoms with Crippen LogP contribution in [0.1, 0.15) is 24.4 Å². The number of carbonyl (C=O) groups is 1. The van der Waals surface area contributed by atoms with Gasteiger partial charge in [0.05, 0.1) is 25.8 Å². The fourth-order valence-electron chi connectivity index (χ4n) is 3.99. The Bertz CT molecular complexity index is 617. The van der Waals surface area contributed by atoms with Crippen LogP contribution in [-0.2, 0) is 9.47 Å². The van der Waals surface area contributed by atoms with Crippen LogP contribution in [0, 0.1) is 0 Å². The molecular formula is C18H24ClN3O3. The molecule has 2 amide bonds. The lowest BCUT2D eigenvalue weighted by Crippen LogP contribution is -2.46. The number of urea groups is 1. The smallest absolute Gasteiger partial charge is 0.321 e. The third-order valence-electron chi connectivity index (χ3n) is 5.22. The van der Waals surface area contributed by atoms with Crippen LogP contribution in [0.5, 0.6) is 0 Å². The monoisotopic (exact) mass is 365 g/mol. The van der Waals surface area contributed by atoms with Crippen molar-refractivity contribution in [3.8, 4) is 0 Å². The summed E-state index contributed by atoms with van der Waals surface area (Å²) in [5, 5.41) is 4.08. The lowest BCUT2D eigenvalue weighted by Gasteiger charge is -2.35. The number of nitrogens with one attached hydrogen (secondary N) is 1. The van der Waals surface area contributed by atoms with E-state index in [1.54, 1.807) is 0 Å². The second-order valence-corrected chi connectivity index (χ2v) is 7.25. The Kier molecular flexibility index (Phi) is 5.12. The number of amides is 2. The molecule has 3 fully saturated rings. The van der Waals surface area contributed by atoms with Crippen molar-refractivity contribution in [1.82, 2.24) is 15.1 Å². The Labute approximate surface area is 153 Å². The number of ether oxygens (including phenoxy) is 2. The largest absolute Gasteiger partial charge is 0.348 e. The first-order chi connectivity index (χ1) is 12.2. The summed E-state index contributed by atoms with van der Waals surface area (Å²) in [5.41, 5.74) is 1.09. The molecular weight excluding hydrogens is 342 g/mol. The number of halogens is 1. The van der Waals surface area contributed by atoms with Crippen LogP contribution in [0.4, 0.5) is 4.79 Å². The van der Waals surface area contributed by atoms with Crippen LogP contribution in [0.3, 0.4) is 0 Å². The van der Waals surface area contributed by atoms with Crippen molar-refractivity contribution in [2.75, 3.05) is 39.4 Å². The third-order valence-corrected chi connectivity index (χ3v) is 5.45. The van der Waals surface area contributed by atoms with E-state index in [4.69, 9.17) is 21.1 Å². The van der Waals surface area contributed by atoms with Gasteiger partial charge in [-0.1, -0.05) is 23.7 Å². The molecule has 0 aliphatic carbocycles. The quantitative estimate of drug-likeness (QED) is 0.889. The summed E-state index contributed by atoms with van der Waals surface area (Å²) in [6.45, 7) is 4.23. The van der Waals surface area contributed by atoms with Crippen LogP contribution in [0.15, 0.2) is 24.3 Å². The van der Waals surface area contributed by atoms with E-state index in [9.17, 15) is 4.79 Å². The van der Waals surface area contributed by atoms with E-state index in [1.165, 1.54) is 0 Å². The molecule has 136 valence electrons. The number of carbonyl (C=O) groups excluding carboxylic acids is 1. The summed E-state index contributed by atoms with van der Waals surface area (Å²) >= 11 is 6.20. The van der Waals surface area contributed by atoms with E-state index in [0.717, 1.165) is 31.5 Å². The van der Waals surface area contributed by atoms with Gasteiger partial charge >= 0.3 is 6.03 Å². The molecule has 3 aliphatic rings. The van der Waals surface area contributed by atoms with Gasteiger partial charge in [0, 0.05) is 17.6 Å². The Morgan fingerprint density at radius 3 is 2.68 bits per heavy atom. The fourth-order valence-corrected chi connectivity index (χ4v) is 4.19. The van der Waals surface area contributed by atoms with Crippen molar-refractivity contribution in [2.24, 2.45) is 0 Å². The highest BCUT2D eigenvalue weighted by Gasteiger charge is 2.43. The molecule has 0 spiro atoms. The summed E-state index contributed by atoms with van der Waals surface area (Å²) in [6.07, 6.45) is 1.65. The zero-order valence-electron chi connectivity index (χ0n) is 14.2. The lowest BCUT2D eigenvalue weighted by molar-refractivity contribution is -0.0537. The first-order valence-corrected chi connectivity index (χ1v) is 9.37. The van der Waals surface area contributed by atoms with Gasteiger partial charge in [-0.3, -0.25) is 0 Å². The Morgan fingerprint density at radius 1 is 1.20 bits per heavy atom. The van der Waals surface area contributed by atoms with Gasteiger partial charge in [-0.05, 0) is 43.6 Å². The molecule has 7 heteroatoms. The SMILES string of the molecule is O=C1N(CC2OCCO2)CC(c2cccc(Cl)c2)N1C1CCNCC1. The summed E-state index contributed by atoms with van der Waals surface area (Å²) < 4.78 is 11.1. The zero-order chi connectivity index (χ0) is 17.2. The van der Waals surface area contributed by atoms with Gasteiger partial charge < -0.3 is 24.6 Å². The minimum absolute atomic E-state index is 0.0238. The van der Waals surface area contributed by atoms with Crippen LogP contribution in [0.2, 0.25) is 5.02 Å². The van der Waals surface area contributed by atoms with Crippen LogP contribution >= 0.6 is 11.6 Å². The molecule has 6 nitrogen and oxygen atoms in total. The first-order valence-electron chi connectivity index (χ1n) is 8.99. The zero-order valence-corrected chi connectivity index (χ0v) is 15.0. The van der Waals surface area contributed by atoms with Gasteiger partial charge in [0.15, 0.2) is 6.29 Å². The average Bonchev–Trinajstić information content (AvgIpc) is 3.25. The summed E-state index contributed by atoms with van der Waals surface area (Å²) in [4.78, 5) is 17.1. The molecule has 0 radical (unpaired) electrons. The Morgan fingerprint density at radius 2 is 1.96 bits per heavy atom. The summed E-state index contributed by atoms with van der Waals surface area (Å²) in [6, 6.07) is 8.22. The van der Waals surface area contributed by atoms with Crippen molar-refractivity contribution in [3.05, 3.63) is 34.9 Å². The predicted octanol–water partition coefficient (Wildman–Crippen LogP) is 2.24. The van der Waals surface area contributed by atoms with Crippen molar-refractivity contribution < 1.29 is 14.3 Å². The third kappa shape index (κ3) is 3.62. The molecule has 3 heterocycles. The van der Waals surface area contributed by atoms with Crippen LogP contribution in [0.25, 0.3) is 0 Å². The number of hydrogen-bond donors (Lipinski definition) is 1. The molecule has 1 N–H and O–H groups in total. The van der Waals surface area contributed by atoms with Gasteiger partial charge in [0.2, 0.25) is 0 Å². The molecule has 4 rings (SSSR count). The predicted molar refractivity (Wildman–Crippen MR) is 94.6 cm³/mol. The molecule has 3 aliphatic heterocycles. The summed E-state index contributed by atoms with van der Waals surface area (Å²) in [7, 11) is 0. The second kappa shape index (κ2) is 7.50. The first kappa shape index (κ1) is 17.1. The number of rotatable bonds is 4. The highest BCUT2D eigenvalue weighted by molar-refractivity contribution is 6.30. The molecule has 25 heavy (non-hydrogen) atoms. The minimum Gasteiger partial charge on any atom is -0.348 e. The molecule has 3 saturated heterocycles. The van der Waals surface area contributed by atoms with E-state index >= 15 is 0 Å². The van der Waals surface area contributed by atoms with Crippen molar-refractivity contribution >= 4 is 17.6 Å². The van der Waals surface area contributed by atoms with E-state index in [2.05, 4.69) is 16.3 Å². The van der Waals surface area contributed by atoms with Gasteiger partial charge in [-0.25, -0.2) is 4.79 Å². The van der Waals surface area contributed by atoms with Gasteiger partial charge in [0.1, 0.15) is 0 Å². The van der Waals surface area contributed by atoms with E-state index < -0.39 is 0 Å². The minimum atomic E-state index is -0.308. The summed E-state index contributed by atoms with van der Waals surface area (Å²) in [5.74, 6) is 0.